The molecule has 0 aliphatic heterocycles. The average molecular weight is 285 g/mol. The summed E-state index contributed by atoms with van der Waals surface area (Å²) in [5.41, 5.74) is 3.41. The molecule has 2 aromatic rings. The highest BCUT2D eigenvalue weighted by molar-refractivity contribution is 7.14. The van der Waals surface area contributed by atoms with Crippen molar-refractivity contribution in [2.24, 2.45) is 0 Å². The van der Waals surface area contributed by atoms with Gasteiger partial charge in [-0.05, 0) is 55.9 Å². The molecule has 0 atom stereocenters. The molecule has 0 N–H and O–H groups in total. The first-order valence-electron chi connectivity index (χ1n) is 7.29. The average Bonchev–Trinajstić information content (AvgIpc) is 2.73. The second-order valence-electron chi connectivity index (χ2n) is 5.49. The standard InChI is InChI=1S/C17H19NOS/c1-12-6-5-9-18-14(12)11-15(19)17-10-13-7-3-2-4-8-16(13)20-17/h5-6,9-10H,2-4,7-8,11H2,1H3. The Balaban J connectivity index is 1.79. The van der Waals surface area contributed by atoms with Crippen molar-refractivity contribution in [1.82, 2.24) is 4.98 Å². The molecule has 20 heavy (non-hydrogen) atoms. The summed E-state index contributed by atoms with van der Waals surface area (Å²) in [6, 6.07) is 6.06. The van der Waals surface area contributed by atoms with E-state index in [1.807, 2.05) is 19.1 Å². The zero-order valence-corrected chi connectivity index (χ0v) is 12.6. The fourth-order valence-electron chi connectivity index (χ4n) is 2.75. The van der Waals surface area contributed by atoms with Crippen LogP contribution in [0.4, 0.5) is 0 Å². The Labute approximate surface area is 123 Å². The van der Waals surface area contributed by atoms with Crippen molar-refractivity contribution in [1.29, 1.82) is 0 Å². The molecule has 0 saturated heterocycles. The number of hydrogen-bond donors (Lipinski definition) is 0. The molecular weight excluding hydrogens is 266 g/mol. The summed E-state index contributed by atoms with van der Waals surface area (Å²) in [4.78, 5) is 19.1. The van der Waals surface area contributed by atoms with Crippen molar-refractivity contribution in [2.45, 2.75) is 45.4 Å². The maximum Gasteiger partial charge on any atom is 0.178 e. The monoisotopic (exact) mass is 285 g/mol. The van der Waals surface area contributed by atoms with Gasteiger partial charge >= 0.3 is 0 Å². The number of thiophene rings is 1. The van der Waals surface area contributed by atoms with Crippen LogP contribution in [0.3, 0.4) is 0 Å². The number of rotatable bonds is 3. The van der Waals surface area contributed by atoms with Crippen molar-refractivity contribution < 1.29 is 4.79 Å². The lowest BCUT2D eigenvalue weighted by Gasteiger charge is -2.02. The van der Waals surface area contributed by atoms with Crippen LogP contribution >= 0.6 is 11.3 Å². The van der Waals surface area contributed by atoms with Gasteiger partial charge in [0.25, 0.3) is 0 Å². The third-order valence-corrected chi connectivity index (χ3v) is 5.25. The fourth-order valence-corrected chi connectivity index (χ4v) is 3.94. The van der Waals surface area contributed by atoms with Gasteiger partial charge in [0.15, 0.2) is 5.78 Å². The molecular formula is C17H19NOS. The highest BCUT2D eigenvalue weighted by Gasteiger charge is 2.17. The molecule has 2 heterocycles. The summed E-state index contributed by atoms with van der Waals surface area (Å²) < 4.78 is 0. The Morgan fingerprint density at radius 1 is 1.30 bits per heavy atom. The molecule has 0 bridgehead atoms. The zero-order chi connectivity index (χ0) is 13.9. The van der Waals surface area contributed by atoms with Crippen LogP contribution in [-0.2, 0) is 19.3 Å². The first kappa shape index (κ1) is 13.5. The van der Waals surface area contributed by atoms with E-state index in [0.717, 1.165) is 29.0 Å². The Hall–Kier alpha value is -1.48. The van der Waals surface area contributed by atoms with E-state index in [2.05, 4.69) is 11.1 Å². The highest BCUT2D eigenvalue weighted by atomic mass is 32.1. The van der Waals surface area contributed by atoms with E-state index in [4.69, 9.17) is 0 Å². The van der Waals surface area contributed by atoms with Crippen LogP contribution in [0.15, 0.2) is 24.4 Å². The minimum absolute atomic E-state index is 0.213. The number of fused-ring (bicyclic) bond motifs is 1. The largest absolute Gasteiger partial charge is 0.293 e. The van der Waals surface area contributed by atoms with Crippen molar-refractivity contribution in [3.63, 3.8) is 0 Å². The third-order valence-electron chi connectivity index (χ3n) is 3.97. The van der Waals surface area contributed by atoms with Gasteiger partial charge in [-0.3, -0.25) is 9.78 Å². The number of aromatic nitrogens is 1. The number of ketones is 1. The van der Waals surface area contributed by atoms with E-state index in [1.54, 1.807) is 17.5 Å². The Morgan fingerprint density at radius 3 is 3.00 bits per heavy atom. The van der Waals surface area contributed by atoms with Crippen LogP contribution < -0.4 is 0 Å². The SMILES string of the molecule is Cc1cccnc1CC(=O)c1cc2c(s1)CCCCC2. The van der Waals surface area contributed by atoms with E-state index in [0.29, 0.717) is 6.42 Å². The van der Waals surface area contributed by atoms with Crippen LogP contribution in [0, 0.1) is 6.92 Å². The minimum Gasteiger partial charge on any atom is -0.293 e. The summed E-state index contributed by atoms with van der Waals surface area (Å²) in [7, 11) is 0. The molecule has 0 saturated carbocycles. The molecule has 0 fully saturated rings. The van der Waals surface area contributed by atoms with Crippen LogP contribution in [0.25, 0.3) is 0 Å². The summed E-state index contributed by atoms with van der Waals surface area (Å²) in [6.07, 6.45) is 8.32. The van der Waals surface area contributed by atoms with E-state index in [9.17, 15) is 4.79 Å². The lowest BCUT2D eigenvalue weighted by Crippen LogP contribution is -2.04. The van der Waals surface area contributed by atoms with Crippen LogP contribution in [0.2, 0.25) is 0 Å². The quantitative estimate of drug-likeness (QED) is 0.626. The number of carbonyl (C=O) groups excluding carboxylic acids is 1. The lowest BCUT2D eigenvalue weighted by molar-refractivity contribution is 0.0995. The van der Waals surface area contributed by atoms with Gasteiger partial charge < -0.3 is 0 Å². The fraction of sp³-hybridized carbons (Fsp3) is 0.412. The summed E-state index contributed by atoms with van der Waals surface area (Å²) in [5.74, 6) is 0.213. The molecule has 0 aromatic carbocycles. The first-order chi connectivity index (χ1) is 9.74. The summed E-state index contributed by atoms with van der Waals surface area (Å²) >= 11 is 1.70. The zero-order valence-electron chi connectivity index (χ0n) is 11.8. The van der Waals surface area contributed by atoms with Crippen LogP contribution in [0.1, 0.15) is 50.6 Å². The maximum atomic E-state index is 12.4. The third kappa shape index (κ3) is 2.83. The molecule has 0 radical (unpaired) electrons. The number of aryl methyl sites for hydroxylation is 3. The van der Waals surface area contributed by atoms with Gasteiger partial charge in [-0.2, -0.15) is 0 Å². The number of pyridine rings is 1. The second-order valence-corrected chi connectivity index (χ2v) is 6.62. The van der Waals surface area contributed by atoms with E-state index >= 15 is 0 Å². The highest BCUT2D eigenvalue weighted by Crippen LogP contribution is 2.29. The normalized spacial score (nSPS) is 14.7. The van der Waals surface area contributed by atoms with Gasteiger partial charge in [0.1, 0.15) is 0 Å². The van der Waals surface area contributed by atoms with Gasteiger partial charge in [-0.15, -0.1) is 11.3 Å². The number of hydrogen-bond acceptors (Lipinski definition) is 3. The van der Waals surface area contributed by atoms with E-state index in [1.165, 1.54) is 29.7 Å². The van der Waals surface area contributed by atoms with E-state index in [-0.39, 0.29) is 5.78 Å². The van der Waals surface area contributed by atoms with Gasteiger partial charge in [-0.25, -0.2) is 0 Å². The Kier molecular flexibility index (Phi) is 3.97. The maximum absolute atomic E-state index is 12.4. The molecule has 1 aliphatic rings. The Bertz CT molecular complexity index is 606. The van der Waals surface area contributed by atoms with Crippen molar-refractivity contribution in [2.75, 3.05) is 0 Å². The van der Waals surface area contributed by atoms with Crippen molar-refractivity contribution >= 4 is 17.1 Å². The number of nitrogens with zero attached hydrogens (tertiary/aromatic N) is 1. The topological polar surface area (TPSA) is 30.0 Å². The number of Topliss-reactive ketones (excluding diaryl/α,β-unsaturated/α-hetero) is 1. The molecule has 0 spiro atoms. The van der Waals surface area contributed by atoms with Gasteiger partial charge in [0, 0.05) is 11.1 Å². The molecule has 3 rings (SSSR count). The summed E-state index contributed by atoms with van der Waals surface area (Å²) in [5, 5.41) is 0. The molecule has 1 aliphatic carbocycles. The van der Waals surface area contributed by atoms with Gasteiger partial charge in [0.2, 0.25) is 0 Å². The molecule has 0 unspecified atom stereocenters. The predicted molar refractivity (Wildman–Crippen MR) is 82.6 cm³/mol. The lowest BCUT2D eigenvalue weighted by atomic mass is 10.1. The molecule has 104 valence electrons. The predicted octanol–water partition coefficient (Wildman–Crippen LogP) is 4.15. The molecule has 2 nitrogen and oxygen atoms in total. The molecule has 0 amide bonds. The minimum atomic E-state index is 0.213. The molecule has 2 aromatic heterocycles. The Morgan fingerprint density at radius 2 is 2.15 bits per heavy atom. The van der Waals surface area contributed by atoms with Gasteiger partial charge in [-0.1, -0.05) is 12.5 Å². The first-order valence-corrected chi connectivity index (χ1v) is 8.11. The van der Waals surface area contributed by atoms with Crippen molar-refractivity contribution in [3.8, 4) is 0 Å². The van der Waals surface area contributed by atoms with Crippen LogP contribution in [0.5, 0.6) is 0 Å². The number of carbonyl (C=O) groups is 1. The van der Waals surface area contributed by atoms with Crippen LogP contribution in [-0.4, -0.2) is 10.8 Å². The molecule has 3 heteroatoms. The second kappa shape index (κ2) is 5.88. The summed E-state index contributed by atoms with van der Waals surface area (Å²) in [6.45, 7) is 2.01. The van der Waals surface area contributed by atoms with Gasteiger partial charge in [0.05, 0.1) is 17.0 Å². The van der Waals surface area contributed by atoms with Crippen molar-refractivity contribution in [3.05, 3.63) is 51.0 Å². The smallest absolute Gasteiger partial charge is 0.178 e. The van der Waals surface area contributed by atoms with E-state index < -0.39 is 0 Å².